The van der Waals surface area contributed by atoms with Crippen LogP contribution in [-0.2, 0) is 10.0 Å². The van der Waals surface area contributed by atoms with Crippen molar-refractivity contribution in [1.82, 2.24) is 4.31 Å². The van der Waals surface area contributed by atoms with Crippen molar-refractivity contribution in [3.63, 3.8) is 0 Å². The van der Waals surface area contributed by atoms with Crippen LogP contribution in [0.1, 0.15) is 40.0 Å². The van der Waals surface area contributed by atoms with E-state index in [4.69, 9.17) is 26.8 Å². The SMILES string of the molecule is COc1cc(NC(=O)c2ccc(Cl)c(S(=O)(=O)N3CCCCC3)c2)c(C(N)=O)cc1OC. The summed E-state index contributed by atoms with van der Waals surface area (Å²) in [5, 5.41) is 2.61. The zero-order chi connectivity index (χ0) is 23.5. The minimum atomic E-state index is -3.85. The number of rotatable bonds is 7. The van der Waals surface area contributed by atoms with Crippen LogP contribution in [0.4, 0.5) is 5.69 Å². The second kappa shape index (κ2) is 9.76. The summed E-state index contributed by atoms with van der Waals surface area (Å²) in [7, 11) is -1.04. The number of nitrogens with two attached hydrogens (primary N) is 1. The van der Waals surface area contributed by atoms with Gasteiger partial charge in [0.2, 0.25) is 10.0 Å². The van der Waals surface area contributed by atoms with Crippen LogP contribution in [0.2, 0.25) is 5.02 Å². The summed E-state index contributed by atoms with van der Waals surface area (Å²) in [6, 6.07) is 6.74. The summed E-state index contributed by atoms with van der Waals surface area (Å²) in [5.41, 5.74) is 5.59. The number of primary amides is 1. The molecule has 3 N–H and O–H groups in total. The first-order valence-corrected chi connectivity index (χ1v) is 11.7. The Bertz CT molecular complexity index is 1150. The Hall–Kier alpha value is -2.82. The van der Waals surface area contributed by atoms with Gasteiger partial charge >= 0.3 is 0 Å². The summed E-state index contributed by atoms with van der Waals surface area (Å²) in [5.74, 6) is -0.893. The molecule has 32 heavy (non-hydrogen) atoms. The Morgan fingerprint density at radius 1 is 1.03 bits per heavy atom. The molecule has 172 valence electrons. The molecule has 1 fully saturated rings. The maximum atomic E-state index is 13.1. The number of hydrogen-bond acceptors (Lipinski definition) is 6. The molecule has 1 heterocycles. The molecular formula is C21H24ClN3O6S. The molecule has 2 amide bonds. The van der Waals surface area contributed by atoms with Crippen LogP contribution in [0.25, 0.3) is 0 Å². The number of piperidine rings is 1. The number of nitrogens with zero attached hydrogens (tertiary/aromatic N) is 1. The molecule has 1 aliphatic rings. The Morgan fingerprint density at radius 2 is 1.66 bits per heavy atom. The van der Waals surface area contributed by atoms with Gasteiger partial charge < -0.3 is 20.5 Å². The number of amides is 2. The van der Waals surface area contributed by atoms with Gasteiger partial charge in [0.15, 0.2) is 11.5 Å². The third-order valence-corrected chi connectivity index (χ3v) is 7.54. The van der Waals surface area contributed by atoms with Crippen LogP contribution in [0.15, 0.2) is 35.2 Å². The Labute approximate surface area is 191 Å². The molecule has 2 aromatic rings. The lowest BCUT2D eigenvalue weighted by Gasteiger charge is -2.26. The summed E-state index contributed by atoms with van der Waals surface area (Å²) in [6.45, 7) is 0.811. The monoisotopic (exact) mass is 481 g/mol. The zero-order valence-electron chi connectivity index (χ0n) is 17.7. The van der Waals surface area contributed by atoms with Crippen LogP contribution in [0.3, 0.4) is 0 Å². The third-order valence-electron chi connectivity index (χ3n) is 5.16. The molecule has 0 saturated carbocycles. The van der Waals surface area contributed by atoms with Gasteiger partial charge in [0, 0.05) is 24.7 Å². The van der Waals surface area contributed by atoms with Crippen molar-refractivity contribution >= 4 is 39.1 Å². The normalized spacial score (nSPS) is 14.6. The molecule has 9 nitrogen and oxygen atoms in total. The van der Waals surface area contributed by atoms with E-state index < -0.39 is 21.8 Å². The largest absolute Gasteiger partial charge is 0.493 e. The molecule has 1 aliphatic heterocycles. The molecule has 0 radical (unpaired) electrons. The molecule has 0 atom stereocenters. The van der Waals surface area contributed by atoms with Gasteiger partial charge in [-0.15, -0.1) is 0 Å². The number of benzene rings is 2. The average molecular weight is 482 g/mol. The zero-order valence-corrected chi connectivity index (χ0v) is 19.3. The fourth-order valence-corrected chi connectivity index (χ4v) is 5.48. The predicted octanol–water partition coefficient (Wildman–Crippen LogP) is 2.88. The molecule has 0 aliphatic carbocycles. The number of hydrogen-bond donors (Lipinski definition) is 2. The van der Waals surface area contributed by atoms with Gasteiger partial charge in [0.1, 0.15) is 4.90 Å². The first-order chi connectivity index (χ1) is 15.2. The highest BCUT2D eigenvalue weighted by Crippen LogP contribution is 2.34. The van der Waals surface area contributed by atoms with E-state index in [9.17, 15) is 18.0 Å². The lowest BCUT2D eigenvalue weighted by Crippen LogP contribution is -2.35. The van der Waals surface area contributed by atoms with E-state index in [-0.39, 0.29) is 38.2 Å². The van der Waals surface area contributed by atoms with Gasteiger partial charge in [-0.25, -0.2) is 8.42 Å². The number of nitrogens with one attached hydrogen (secondary N) is 1. The van der Waals surface area contributed by atoms with Crippen molar-refractivity contribution in [2.24, 2.45) is 5.73 Å². The van der Waals surface area contributed by atoms with Gasteiger partial charge in [-0.3, -0.25) is 9.59 Å². The van der Waals surface area contributed by atoms with Crippen LogP contribution in [0, 0.1) is 0 Å². The fourth-order valence-electron chi connectivity index (χ4n) is 3.47. The number of methoxy groups -OCH3 is 2. The van der Waals surface area contributed by atoms with Crippen LogP contribution >= 0.6 is 11.6 Å². The van der Waals surface area contributed by atoms with Crippen molar-refractivity contribution in [2.75, 3.05) is 32.6 Å². The topological polar surface area (TPSA) is 128 Å². The van der Waals surface area contributed by atoms with Crippen LogP contribution in [-0.4, -0.2) is 51.8 Å². The molecule has 2 aromatic carbocycles. The van der Waals surface area contributed by atoms with Gasteiger partial charge in [-0.2, -0.15) is 4.31 Å². The van der Waals surface area contributed by atoms with E-state index in [1.54, 1.807) is 0 Å². The van der Waals surface area contributed by atoms with Gasteiger partial charge in [-0.05, 0) is 37.1 Å². The van der Waals surface area contributed by atoms with Gasteiger partial charge in [0.25, 0.3) is 11.8 Å². The summed E-state index contributed by atoms with van der Waals surface area (Å²) in [4.78, 5) is 24.7. The van der Waals surface area contributed by atoms with Gasteiger partial charge in [-0.1, -0.05) is 18.0 Å². The molecule has 0 aromatic heterocycles. The molecule has 1 saturated heterocycles. The standard InChI is InChI=1S/C21H24ClN3O6S/c1-30-17-11-14(20(23)26)16(12-18(17)31-2)24-21(27)13-6-7-15(22)19(10-13)32(28,29)25-8-4-3-5-9-25/h6-7,10-12H,3-5,8-9H2,1-2H3,(H2,23,26)(H,24,27). The Morgan fingerprint density at radius 3 is 2.25 bits per heavy atom. The van der Waals surface area contributed by atoms with Crippen molar-refractivity contribution in [2.45, 2.75) is 24.2 Å². The molecule has 0 unspecified atom stereocenters. The van der Waals surface area contributed by atoms with Crippen LogP contribution < -0.4 is 20.5 Å². The van der Waals surface area contributed by atoms with Gasteiger partial charge in [0.05, 0.1) is 30.5 Å². The van der Waals surface area contributed by atoms with Crippen molar-refractivity contribution in [3.05, 3.63) is 46.5 Å². The Balaban J connectivity index is 1.96. The number of carbonyl (C=O) groups excluding carboxylic acids is 2. The van der Waals surface area contributed by atoms with E-state index in [1.807, 2.05) is 0 Å². The lowest BCUT2D eigenvalue weighted by atomic mass is 10.1. The summed E-state index contributed by atoms with van der Waals surface area (Å²) < 4.78 is 37.9. The first-order valence-electron chi connectivity index (χ1n) is 9.86. The highest BCUT2D eigenvalue weighted by molar-refractivity contribution is 7.89. The molecular weight excluding hydrogens is 458 g/mol. The van der Waals surface area contributed by atoms with E-state index in [2.05, 4.69) is 5.32 Å². The second-order valence-corrected chi connectivity index (χ2v) is 9.49. The highest BCUT2D eigenvalue weighted by atomic mass is 35.5. The lowest BCUT2D eigenvalue weighted by molar-refractivity contribution is 0.100. The Kier molecular flexibility index (Phi) is 7.27. The number of anilines is 1. The minimum absolute atomic E-state index is 0.00567. The predicted molar refractivity (Wildman–Crippen MR) is 120 cm³/mol. The highest BCUT2D eigenvalue weighted by Gasteiger charge is 2.29. The van der Waals surface area contributed by atoms with E-state index in [0.29, 0.717) is 13.1 Å². The summed E-state index contributed by atoms with van der Waals surface area (Å²) in [6.07, 6.45) is 2.51. The van der Waals surface area contributed by atoms with Crippen molar-refractivity contribution in [1.29, 1.82) is 0 Å². The molecule has 3 rings (SSSR count). The fraction of sp³-hybridized carbons (Fsp3) is 0.333. The minimum Gasteiger partial charge on any atom is -0.493 e. The van der Waals surface area contributed by atoms with E-state index in [0.717, 1.165) is 19.3 Å². The second-order valence-electron chi connectivity index (χ2n) is 7.18. The van der Waals surface area contributed by atoms with E-state index >= 15 is 0 Å². The number of ether oxygens (including phenoxy) is 2. The quantitative estimate of drug-likeness (QED) is 0.625. The van der Waals surface area contributed by atoms with Crippen molar-refractivity contribution < 1.29 is 27.5 Å². The first kappa shape index (κ1) is 23.8. The van der Waals surface area contributed by atoms with E-state index in [1.165, 1.54) is 48.9 Å². The maximum absolute atomic E-state index is 13.1. The smallest absolute Gasteiger partial charge is 0.255 e. The number of sulfonamides is 1. The molecule has 0 spiro atoms. The third kappa shape index (κ3) is 4.82. The maximum Gasteiger partial charge on any atom is 0.255 e. The molecule has 11 heteroatoms. The molecule has 0 bridgehead atoms. The van der Waals surface area contributed by atoms with Crippen molar-refractivity contribution in [3.8, 4) is 11.5 Å². The number of halogens is 1. The number of carbonyl (C=O) groups is 2. The summed E-state index contributed by atoms with van der Waals surface area (Å²) >= 11 is 6.18. The average Bonchev–Trinajstić information content (AvgIpc) is 2.79. The van der Waals surface area contributed by atoms with Crippen LogP contribution in [0.5, 0.6) is 11.5 Å².